The zero-order valence-electron chi connectivity index (χ0n) is 14.1. The molecule has 2 saturated heterocycles. The van der Waals surface area contributed by atoms with Gasteiger partial charge in [0.15, 0.2) is 0 Å². The summed E-state index contributed by atoms with van der Waals surface area (Å²) in [5.41, 5.74) is 2.41. The number of rotatable bonds is 3. The molecule has 0 aromatic heterocycles. The Morgan fingerprint density at radius 1 is 1.25 bits per heavy atom. The summed E-state index contributed by atoms with van der Waals surface area (Å²) in [5.74, 6) is -2.14. The van der Waals surface area contributed by atoms with Gasteiger partial charge in [-0.25, -0.2) is 8.78 Å². The first kappa shape index (κ1) is 17.1. The second-order valence-electron chi connectivity index (χ2n) is 6.88. The Hall–Kier alpha value is -1.69. The van der Waals surface area contributed by atoms with E-state index in [-0.39, 0.29) is 12.0 Å². The van der Waals surface area contributed by atoms with Gasteiger partial charge in [0.25, 0.3) is 5.92 Å². The fourth-order valence-corrected chi connectivity index (χ4v) is 3.28. The number of carbonyl (C=O) groups excluding carboxylic acids is 1. The van der Waals surface area contributed by atoms with Crippen molar-refractivity contribution in [1.82, 2.24) is 10.2 Å². The summed E-state index contributed by atoms with van der Waals surface area (Å²) in [4.78, 5) is 14.0. The van der Waals surface area contributed by atoms with Gasteiger partial charge in [-0.2, -0.15) is 0 Å². The van der Waals surface area contributed by atoms with E-state index in [1.165, 1.54) is 11.1 Å². The quantitative estimate of drug-likeness (QED) is 0.921. The van der Waals surface area contributed by atoms with Crippen LogP contribution < -0.4 is 10.1 Å². The number of aryl methyl sites for hydroxylation is 2. The number of carbonyl (C=O) groups is 1. The molecule has 132 valence electrons. The highest BCUT2D eigenvalue weighted by molar-refractivity contribution is 5.82. The molecule has 1 amide bonds. The molecule has 1 aromatic rings. The van der Waals surface area contributed by atoms with Gasteiger partial charge in [-0.1, -0.05) is 6.07 Å². The second kappa shape index (κ2) is 6.67. The van der Waals surface area contributed by atoms with Crippen molar-refractivity contribution in [3.8, 4) is 5.75 Å². The average molecular weight is 338 g/mol. The van der Waals surface area contributed by atoms with E-state index in [0.717, 1.165) is 18.6 Å². The molecule has 2 aliphatic heterocycles. The summed E-state index contributed by atoms with van der Waals surface area (Å²) in [6, 6.07) is 5.27. The third-order valence-corrected chi connectivity index (χ3v) is 4.94. The van der Waals surface area contributed by atoms with Crippen molar-refractivity contribution in [2.75, 3.05) is 19.6 Å². The van der Waals surface area contributed by atoms with E-state index in [2.05, 4.69) is 12.2 Å². The Kier molecular flexibility index (Phi) is 4.76. The molecule has 0 bridgehead atoms. The monoisotopic (exact) mass is 338 g/mol. The third-order valence-electron chi connectivity index (χ3n) is 4.94. The lowest BCUT2D eigenvalue weighted by Gasteiger charge is -2.33. The maximum atomic E-state index is 13.2. The minimum atomic E-state index is -2.77. The van der Waals surface area contributed by atoms with Gasteiger partial charge in [0.2, 0.25) is 5.91 Å². The lowest BCUT2D eigenvalue weighted by atomic mass is 10.1. The normalized spacial score (nSPS) is 24.2. The summed E-state index contributed by atoms with van der Waals surface area (Å²) < 4.78 is 32.5. The number of piperidine rings is 1. The molecule has 4 nitrogen and oxygen atoms in total. The number of halogens is 2. The van der Waals surface area contributed by atoms with Gasteiger partial charge in [-0.15, -0.1) is 0 Å². The number of nitrogens with one attached hydrogen (secondary N) is 1. The van der Waals surface area contributed by atoms with Gasteiger partial charge in [0, 0.05) is 32.4 Å². The van der Waals surface area contributed by atoms with Crippen molar-refractivity contribution in [2.24, 2.45) is 0 Å². The highest BCUT2D eigenvalue weighted by Gasteiger charge is 2.43. The molecule has 1 aromatic carbocycles. The van der Waals surface area contributed by atoms with Gasteiger partial charge in [0.1, 0.15) is 11.9 Å². The number of nitrogens with zero attached hydrogens (tertiary/aromatic N) is 1. The largest absolute Gasteiger partial charge is 0.490 e. The van der Waals surface area contributed by atoms with Crippen LogP contribution >= 0.6 is 0 Å². The van der Waals surface area contributed by atoms with Crippen LogP contribution in [0.25, 0.3) is 0 Å². The molecule has 6 heteroatoms. The standard InChI is InChI=1S/C18H24F2N2O2/c1-12-3-4-15(9-13(12)2)24-14-5-7-22(8-6-14)17(23)16-10-18(19,20)11-21-16/h3-4,9,14,16,21H,5-8,10-11H2,1-2H3. The minimum Gasteiger partial charge on any atom is -0.490 e. The maximum absolute atomic E-state index is 13.2. The first-order valence-electron chi connectivity index (χ1n) is 8.48. The van der Waals surface area contributed by atoms with Gasteiger partial charge in [-0.3, -0.25) is 10.1 Å². The van der Waals surface area contributed by atoms with E-state index < -0.39 is 24.9 Å². The second-order valence-corrected chi connectivity index (χ2v) is 6.88. The Balaban J connectivity index is 1.50. The van der Waals surface area contributed by atoms with Crippen molar-refractivity contribution in [2.45, 2.75) is 51.2 Å². The number of ether oxygens (including phenoxy) is 1. The van der Waals surface area contributed by atoms with Crippen molar-refractivity contribution in [1.29, 1.82) is 0 Å². The smallest absolute Gasteiger partial charge is 0.262 e. The number of likely N-dealkylation sites (tertiary alicyclic amines) is 1. The number of alkyl halides is 2. The Bertz CT molecular complexity index is 613. The molecule has 0 spiro atoms. The molecule has 1 N–H and O–H groups in total. The number of hydrogen-bond acceptors (Lipinski definition) is 3. The van der Waals surface area contributed by atoms with Crippen LogP contribution in [0.3, 0.4) is 0 Å². The molecule has 0 saturated carbocycles. The van der Waals surface area contributed by atoms with E-state index in [0.29, 0.717) is 13.1 Å². The summed E-state index contributed by atoms with van der Waals surface area (Å²) in [7, 11) is 0. The first-order valence-corrected chi connectivity index (χ1v) is 8.48. The highest BCUT2D eigenvalue weighted by atomic mass is 19.3. The summed E-state index contributed by atoms with van der Waals surface area (Å²) in [5, 5.41) is 2.63. The third kappa shape index (κ3) is 3.86. The van der Waals surface area contributed by atoms with Crippen LogP contribution in [0.15, 0.2) is 18.2 Å². The average Bonchev–Trinajstić information content (AvgIpc) is 2.91. The van der Waals surface area contributed by atoms with E-state index in [1.807, 2.05) is 25.1 Å². The Morgan fingerprint density at radius 2 is 1.96 bits per heavy atom. The number of benzene rings is 1. The van der Waals surface area contributed by atoms with E-state index >= 15 is 0 Å². The molecule has 1 atom stereocenters. The van der Waals surface area contributed by atoms with Crippen LogP contribution in [0.4, 0.5) is 8.78 Å². The highest BCUT2D eigenvalue weighted by Crippen LogP contribution is 2.27. The van der Waals surface area contributed by atoms with E-state index in [1.54, 1.807) is 4.90 Å². The predicted molar refractivity (Wildman–Crippen MR) is 87.5 cm³/mol. The molecule has 2 aliphatic rings. The van der Waals surface area contributed by atoms with Crippen LogP contribution in [0.5, 0.6) is 5.75 Å². The summed E-state index contributed by atoms with van der Waals surface area (Å²) in [6.45, 7) is 4.81. The molecule has 0 aliphatic carbocycles. The lowest BCUT2D eigenvalue weighted by Crippen LogP contribution is -2.48. The maximum Gasteiger partial charge on any atom is 0.262 e. The van der Waals surface area contributed by atoms with Crippen molar-refractivity contribution in [3.63, 3.8) is 0 Å². The minimum absolute atomic E-state index is 0.0640. The predicted octanol–water partition coefficient (Wildman–Crippen LogP) is 2.67. The van der Waals surface area contributed by atoms with Gasteiger partial charge in [-0.05, 0) is 37.1 Å². The molecule has 2 heterocycles. The molecule has 3 rings (SSSR count). The van der Waals surface area contributed by atoms with E-state index in [4.69, 9.17) is 4.74 Å². The van der Waals surface area contributed by atoms with Crippen molar-refractivity contribution in [3.05, 3.63) is 29.3 Å². The fraction of sp³-hybridized carbons (Fsp3) is 0.611. The fourth-order valence-electron chi connectivity index (χ4n) is 3.28. The SMILES string of the molecule is Cc1ccc(OC2CCN(C(=O)C3CC(F)(F)CN3)CC2)cc1C. The van der Waals surface area contributed by atoms with Crippen LogP contribution in [0.1, 0.15) is 30.4 Å². The number of amides is 1. The van der Waals surface area contributed by atoms with Gasteiger partial charge >= 0.3 is 0 Å². The topological polar surface area (TPSA) is 41.6 Å². The van der Waals surface area contributed by atoms with Gasteiger partial charge in [0.05, 0.1) is 12.6 Å². The molecule has 0 radical (unpaired) electrons. The molecular formula is C18H24F2N2O2. The number of hydrogen-bond donors (Lipinski definition) is 1. The van der Waals surface area contributed by atoms with Crippen LogP contribution in [0.2, 0.25) is 0 Å². The molecule has 24 heavy (non-hydrogen) atoms. The van der Waals surface area contributed by atoms with Crippen LogP contribution in [-0.2, 0) is 4.79 Å². The van der Waals surface area contributed by atoms with Crippen LogP contribution in [0, 0.1) is 13.8 Å². The van der Waals surface area contributed by atoms with Crippen molar-refractivity contribution < 1.29 is 18.3 Å². The summed E-state index contributed by atoms with van der Waals surface area (Å²) >= 11 is 0. The zero-order chi connectivity index (χ0) is 17.3. The zero-order valence-corrected chi connectivity index (χ0v) is 14.1. The van der Waals surface area contributed by atoms with E-state index in [9.17, 15) is 13.6 Å². The molecule has 2 fully saturated rings. The van der Waals surface area contributed by atoms with Crippen LogP contribution in [-0.4, -0.2) is 48.5 Å². The molecule has 1 unspecified atom stereocenters. The molecular weight excluding hydrogens is 314 g/mol. The Labute approximate surface area is 141 Å². The lowest BCUT2D eigenvalue weighted by molar-refractivity contribution is -0.135. The first-order chi connectivity index (χ1) is 11.3. The van der Waals surface area contributed by atoms with Crippen molar-refractivity contribution >= 4 is 5.91 Å². The van der Waals surface area contributed by atoms with Gasteiger partial charge < -0.3 is 9.64 Å². The summed E-state index contributed by atoms with van der Waals surface area (Å²) in [6.07, 6.45) is 1.11. The Morgan fingerprint density at radius 3 is 2.54 bits per heavy atom.